The summed E-state index contributed by atoms with van der Waals surface area (Å²) in [6.45, 7) is 2.10. The Morgan fingerprint density at radius 1 is 1.50 bits per heavy atom. The summed E-state index contributed by atoms with van der Waals surface area (Å²) in [5.74, 6) is -0.756. The second-order valence-corrected chi connectivity index (χ2v) is 7.23. The molecule has 0 aromatic heterocycles. The van der Waals surface area contributed by atoms with Gasteiger partial charge in [0.1, 0.15) is 4.90 Å². The van der Waals surface area contributed by atoms with Gasteiger partial charge in [-0.05, 0) is 46.8 Å². The minimum absolute atomic E-state index is 0.00628. The van der Waals surface area contributed by atoms with Crippen LogP contribution in [0.2, 0.25) is 0 Å². The van der Waals surface area contributed by atoms with Crippen molar-refractivity contribution in [3.05, 3.63) is 22.4 Å². The Balaban J connectivity index is 2.75. The van der Waals surface area contributed by atoms with Crippen molar-refractivity contribution in [1.82, 2.24) is 4.72 Å². The highest BCUT2D eigenvalue weighted by molar-refractivity contribution is 9.10. The summed E-state index contributed by atoms with van der Waals surface area (Å²) in [5, 5.41) is 8.86. The fraction of sp³-hybridized carbons (Fsp3) is 0.500. The largest absolute Gasteiger partial charge is 0.399 e. The van der Waals surface area contributed by atoms with Gasteiger partial charge in [0.05, 0.1) is 4.47 Å². The molecule has 0 aliphatic heterocycles. The molecule has 0 saturated heterocycles. The number of nitrogens with one attached hydrogen (secondary N) is 1. The van der Waals surface area contributed by atoms with Crippen molar-refractivity contribution in [1.29, 1.82) is 0 Å². The molecule has 114 valence electrons. The van der Waals surface area contributed by atoms with E-state index in [1.165, 1.54) is 6.07 Å². The molecule has 0 fully saturated rings. The number of benzene rings is 1. The van der Waals surface area contributed by atoms with Crippen LogP contribution in [0.15, 0.2) is 21.5 Å². The number of aliphatic hydroxyl groups excluding tert-OH is 1. The summed E-state index contributed by atoms with van der Waals surface area (Å²) in [6.07, 6.45) is 1.24. The van der Waals surface area contributed by atoms with Crippen molar-refractivity contribution in [2.45, 2.75) is 24.7 Å². The first kappa shape index (κ1) is 17.4. The van der Waals surface area contributed by atoms with Crippen LogP contribution in [0.4, 0.5) is 10.1 Å². The third-order valence-electron chi connectivity index (χ3n) is 2.78. The molecule has 0 radical (unpaired) electrons. The van der Waals surface area contributed by atoms with E-state index < -0.39 is 20.7 Å². The van der Waals surface area contributed by atoms with Crippen molar-refractivity contribution in [3.8, 4) is 0 Å². The zero-order chi connectivity index (χ0) is 15.3. The molecule has 0 heterocycles. The monoisotopic (exact) mass is 368 g/mol. The number of rotatable bonds is 7. The maximum atomic E-state index is 13.8. The van der Waals surface area contributed by atoms with Gasteiger partial charge in [-0.15, -0.1) is 0 Å². The molecule has 1 rings (SSSR count). The molecule has 0 amide bonds. The molecule has 1 aromatic carbocycles. The molecule has 4 N–H and O–H groups in total. The van der Waals surface area contributed by atoms with Gasteiger partial charge in [-0.1, -0.05) is 6.92 Å². The van der Waals surface area contributed by atoms with E-state index in [4.69, 9.17) is 10.8 Å². The summed E-state index contributed by atoms with van der Waals surface area (Å²) in [5.41, 5.74) is 5.68. The van der Waals surface area contributed by atoms with Crippen LogP contribution < -0.4 is 10.5 Å². The number of nitrogen functional groups attached to an aromatic ring is 1. The van der Waals surface area contributed by atoms with Crippen molar-refractivity contribution in [2.24, 2.45) is 5.92 Å². The van der Waals surface area contributed by atoms with E-state index in [1.807, 2.05) is 6.92 Å². The average molecular weight is 369 g/mol. The lowest BCUT2D eigenvalue weighted by atomic mass is 10.1. The fourth-order valence-electron chi connectivity index (χ4n) is 1.61. The van der Waals surface area contributed by atoms with Crippen LogP contribution in [0, 0.1) is 11.7 Å². The summed E-state index contributed by atoms with van der Waals surface area (Å²) in [7, 11) is -3.94. The molecule has 0 aliphatic rings. The van der Waals surface area contributed by atoms with Crippen molar-refractivity contribution in [3.63, 3.8) is 0 Å². The van der Waals surface area contributed by atoms with Gasteiger partial charge >= 0.3 is 0 Å². The SMILES string of the molecule is CC(CO)CCCNS(=O)(=O)c1cc(N)cc(Br)c1F. The Kier molecular flexibility index (Phi) is 6.38. The molecule has 0 bridgehead atoms. The smallest absolute Gasteiger partial charge is 0.243 e. The van der Waals surface area contributed by atoms with Gasteiger partial charge < -0.3 is 10.8 Å². The first-order chi connectivity index (χ1) is 9.27. The maximum Gasteiger partial charge on any atom is 0.243 e. The Labute approximate surface area is 126 Å². The van der Waals surface area contributed by atoms with Gasteiger partial charge in [0, 0.05) is 18.8 Å². The zero-order valence-corrected chi connectivity index (χ0v) is 13.5. The number of aliphatic hydroxyl groups is 1. The van der Waals surface area contributed by atoms with E-state index in [0.717, 1.165) is 6.07 Å². The lowest BCUT2D eigenvalue weighted by molar-refractivity contribution is 0.228. The zero-order valence-electron chi connectivity index (χ0n) is 11.1. The number of hydrogen-bond donors (Lipinski definition) is 3. The van der Waals surface area contributed by atoms with Gasteiger partial charge in [-0.25, -0.2) is 17.5 Å². The lowest BCUT2D eigenvalue weighted by Gasteiger charge is -2.11. The van der Waals surface area contributed by atoms with Crippen LogP contribution >= 0.6 is 15.9 Å². The Hall–Kier alpha value is -0.700. The number of hydrogen-bond acceptors (Lipinski definition) is 4. The molecular formula is C12H18BrFN2O3S. The fourth-order valence-corrected chi connectivity index (χ4v) is 3.42. The van der Waals surface area contributed by atoms with E-state index in [9.17, 15) is 12.8 Å². The Morgan fingerprint density at radius 2 is 2.15 bits per heavy atom. The first-order valence-corrected chi connectivity index (χ1v) is 8.40. The minimum atomic E-state index is -3.94. The third kappa shape index (κ3) is 4.69. The second-order valence-electron chi connectivity index (χ2n) is 4.64. The summed E-state index contributed by atoms with van der Waals surface area (Å²) in [6, 6.07) is 2.38. The van der Waals surface area contributed by atoms with Crippen LogP contribution in [0.5, 0.6) is 0 Å². The van der Waals surface area contributed by atoms with E-state index in [1.54, 1.807) is 0 Å². The number of halogens is 2. The van der Waals surface area contributed by atoms with Crippen molar-refractivity contribution >= 4 is 31.6 Å². The Bertz CT molecular complexity index is 566. The molecule has 1 aromatic rings. The molecule has 0 aliphatic carbocycles. The minimum Gasteiger partial charge on any atom is -0.399 e. The molecule has 20 heavy (non-hydrogen) atoms. The van der Waals surface area contributed by atoms with Gasteiger partial charge in [0.2, 0.25) is 10.0 Å². The average Bonchev–Trinajstić information content (AvgIpc) is 2.38. The maximum absolute atomic E-state index is 13.8. The molecule has 5 nitrogen and oxygen atoms in total. The summed E-state index contributed by atoms with van der Waals surface area (Å²) < 4.78 is 40.1. The topological polar surface area (TPSA) is 92.4 Å². The molecule has 0 spiro atoms. The van der Waals surface area contributed by atoms with Crippen molar-refractivity contribution < 1.29 is 17.9 Å². The second kappa shape index (κ2) is 7.35. The summed E-state index contributed by atoms with van der Waals surface area (Å²) in [4.78, 5) is -0.473. The number of anilines is 1. The Morgan fingerprint density at radius 3 is 2.75 bits per heavy atom. The number of nitrogens with two attached hydrogens (primary N) is 1. The van der Waals surface area contributed by atoms with Gasteiger partial charge in [-0.3, -0.25) is 0 Å². The standard InChI is InChI=1S/C12H18BrFN2O3S/c1-8(7-17)3-2-4-16-20(18,19)11-6-9(15)5-10(13)12(11)14/h5-6,8,16-17H,2-4,7,15H2,1H3. The van der Waals surface area contributed by atoms with Crippen LogP contribution in [0.1, 0.15) is 19.8 Å². The normalized spacial score (nSPS) is 13.4. The van der Waals surface area contributed by atoms with E-state index in [-0.39, 0.29) is 29.2 Å². The van der Waals surface area contributed by atoms with Gasteiger partial charge in [-0.2, -0.15) is 0 Å². The predicted octanol–water partition coefficient (Wildman–Crippen LogP) is 1.86. The van der Waals surface area contributed by atoms with Crippen LogP contribution in [0.3, 0.4) is 0 Å². The predicted molar refractivity (Wildman–Crippen MR) is 79.2 cm³/mol. The number of sulfonamides is 1. The molecule has 0 saturated carbocycles. The quantitative estimate of drug-likeness (QED) is 0.505. The molecule has 1 unspecified atom stereocenters. The van der Waals surface area contributed by atoms with Crippen LogP contribution in [0.25, 0.3) is 0 Å². The molecule has 8 heteroatoms. The summed E-state index contributed by atoms with van der Waals surface area (Å²) >= 11 is 2.92. The van der Waals surface area contributed by atoms with E-state index in [2.05, 4.69) is 20.7 Å². The van der Waals surface area contributed by atoms with Crippen LogP contribution in [-0.2, 0) is 10.0 Å². The van der Waals surface area contributed by atoms with Crippen LogP contribution in [-0.4, -0.2) is 26.7 Å². The lowest BCUT2D eigenvalue weighted by Crippen LogP contribution is -2.26. The van der Waals surface area contributed by atoms with Gasteiger partial charge in [0.25, 0.3) is 0 Å². The van der Waals surface area contributed by atoms with E-state index in [0.29, 0.717) is 12.8 Å². The highest BCUT2D eigenvalue weighted by Gasteiger charge is 2.21. The highest BCUT2D eigenvalue weighted by Crippen LogP contribution is 2.25. The van der Waals surface area contributed by atoms with Crippen molar-refractivity contribution in [2.75, 3.05) is 18.9 Å². The third-order valence-corrected chi connectivity index (χ3v) is 4.82. The molecule has 1 atom stereocenters. The molecular weight excluding hydrogens is 351 g/mol. The highest BCUT2D eigenvalue weighted by atomic mass is 79.9. The van der Waals surface area contributed by atoms with Gasteiger partial charge in [0.15, 0.2) is 5.82 Å². The van der Waals surface area contributed by atoms with E-state index >= 15 is 0 Å². The first-order valence-electron chi connectivity index (χ1n) is 6.13.